The van der Waals surface area contributed by atoms with Crippen LogP contribution in [0.1, 0.15) is 23.7 Å². The molecule has 160 valence electrons. The van der Waals surface area contributed by atoms with Gasteiger partial charge in [-0.2, -0.15) is 10.2 Å². The molecule has 0 saturated carbocycles. The van der Waals surface area contributed by atoms with E-state index in [1.165, 1.54) is 10.7 Å². The Bertz CT molecular complexity index is 1330. The van der Waals surface area contributed by atoms with Crippen molar-refractivity contribution in [3.8, 4) is 11.3 Å². The lowest BCUT2D eigenvalue weighted by Crippen LogP contribution is -2.45. The minimum atomic E-state index is -1.42. The molecule has 0 radical (unpaired) electrons. The highest BCUT2D eigenvalue weighted by atomic mass is 19.1. The number of amides is 1. The summed E-state index contributed by atoms with van der Waals surface area (Å²) < 4.78 is 32.6. The molecule has 1 saturated heterocycles. The fourth-order valence-corrected chi connectivity index (χ4v) is 4.18. The van der Waals surface area contributed by atoms with Crippen molar-refractivity contribution < 1.29 is 18.7 Å². The summed E-state index contributed by atoms with van der Waals surface area (Å²) in [5, 5.41) is 18.4. The molecule has 0 spiro atoms. The third kappa shape index (κ3) is 3.28. The van der Waals surface area contributed by atoms with Crippen molar-refractivity contribution >= 4 is 22.6 Å². The van der Waals surface area contributed by atoms with Crippen LogP contribution in [0.15, 0.2) is 30.6 Å². The lowest BCUT2D eigenvalue weighted by Gasteiger charge is -2.32. The Hall–Kier alpha value is -3.56. The van der Waals surface area contributed by atoms with E-state index in [1.54, 1.807) is 16.8 Å². The molecule has 0 bridgehead atoms. The van der Waals surface area contributed by atoms with Crippen LogP contribution >= 0.6 is 0 Å². The first kappa shape index (κ1) is 19.4. The first-order valence-electron chi connectivity index (χ1n) is 9.94. The van der Waals surface area contributed by atoms with Crippen LogP contribution < -0.4 is 0 Å². The second kappa shape index (κ2) is 7.00. The number of hydrogen-bond donors (Lipinski definition) is 1. The van der Waals surface area contributed by atoms with Gasteiger partial charge in [0, 0.05) is 23.7 Å². The Morgan fingerprint density at radius 2 is 2.00 bits per heavy atom. The van der Waals surface area contributed by atoms with Gasteiger partial charge in [-0.05, 0) is 44.0 Å². The number of imidazole rings is 1. The highest BCUT2D eigenvalue weighted by Crippen LogP contribution is 2.30. The SMILES string of the molecule is Cc1cn2nc(-c3cc(F)c4nn([C@@H]5CCN(C(=O)O)C[C@H]5F)cc4c3)cc(C)c2n1. The molecule has 5 rings (SSSR count). The number of nitrogens with zero attached hydrogens (tertiary/aromatic N) is 6. The molecule has 1 fully saturated rings. The summed E-state index contributed by atoms with van der Waals surface area (Å²) in [4.78, 5) is 16.6. The van der Waals surface area contributed by atoms with Gasteiger partial charge < -0.3 is 10.0 Å². The monoisotopic (exact) mass is 426 g/mol. The number of likely N-dealkylation sites (tertiary alicyclic amines) is 1. The van der Waals surface area contributed by atoms with Crippen molar-refractivity contribution in [3.63, 3.8) is 0 Å². The molecule has 2 atom stereocenters. The normalized spacial score (nSPS) is 19.4. The predicted octanol–water partition coefficient (Wildman–Crippen LogP) is 3.76. The van der Waals surface area contributed by atoms with E-state index < -0.39 is 24.1 Å². The van der Waals surface area contributed by atoms with E-state index in [4.69, 9.17) is 5.11 Å². The standard InChI is InChI=1S/C21H20F2N6O2/c1-11-5-17(25-29-8-12(2)24-20(11)29)13-6-14-9-28(26-19(14)15(22)7-13)18-3-4-27(21(30)31)10-16(18)23/h5-9,16,18H,3-4,10H2,1-2H3,(H,30,31)/t16-,18-/m1/s1. The van der Waals surface area contributed by atoms with Gasteiger partial charge in [-0.1, -0.05) is 0 Å². The first-order chi connectivity index (χ1) is 14.8. The molecule has 3 aromatic heterocycles. The van der Waals surface area contributed by atoms with Gasteiger partial charge in [-0.25, -0.2) is 23.1 Å². The highest BCUT2D eigenvalue weighted by molar-refractivity contribution is 5.84. The number of carboxylic acid groups (broad SMARTS) is 1. The molecule has 0 unspecified atom stereocenters. The van der Waals surface area contributed by atoms with Crippen LogP contribution in [0.3, 0.4) is 0 Å². The maximum Gasteiger partial charge on any atom is 0.407 e. The molecule has 1 aliphatic rings. The van der Waals surface area contributed by atoms with E-state index in [0.29, 0.717) is 16.6 Å². The third-order valence-corrected chi connectivity index (χ3v) is 5.72. The van der Waals surface area contributed by atoms with E-state index in [-0.39, 0.29) is 25.0 Å². The molecule has 4 aromatic rings. The number of alkyl halides is 1. The van der Waals surface area contributed by atoms with Crippen molar-refractivity contribution in [1.29, 1.82) is 0 Å². The molecular formula is C21H20F2N6O2. The number of halogens is 2. The average molecular weight is 426 g/mol. The summed E-state index contributed by atoms with van der Waals surface area (Å²) in [6, 6.07) is 4.36. The molecule has 1 amide bonds. The summed E-state index contributed by atoms with van der Waals surface area (Å²) in [6.45, 7) is 3.78. The fourth-order valence-electron chi connectivity index (χ4n) is 4.18. The number of fused-ring (bicyclic) bond motifs is 2. The first-order valence-corrected chi connectivity index (χ1v) is 9.94. The Morgan fingerprint density at radius 3 is 2.74 bits per heavy atom. The van der Waals surface area contributed by atoms with Crippen LogP contribution in [0.2, 0.25) is 0 Å². The molecule has 1 N–H and O–H groups in total. The minimum Gasteiger partial charge on any atom is -0.465 e. The van der Waals surface area contributed by atoms with Gasteiger partial charge in [0.05, 0.1) is 30.2 Å². The number of piperidine rings is 1. The van der Waals surface area contributed by atoms with Gasteiger partial charge in [-0.3, -0.25) is 4.68 Å². The second-order valence-electron chi connectivity index (χ2n) is 7.97. The maximum atomic E-state index is 14.9. The highest BCUT2D eigenvalue weighted by Gasteiger charge is 2.33. The Labute approximate surface area is 175 Å². The number of hydrogen-bond acceptors (Lipinski definition) is 4. The van der Waals surface area contributed by atoms with Crippen molar-refractivity contribution in [2.24, 2.45) is 0 Å². The minimum absolute atomic E-state index is 0.146. The Balaban J connectivity index is 1.53. The quantitative estimate of drug-likeness (QED) is 0.527. The fraction of sp³-hybridized carbons (Fsp3) is 0.333. The summed E-state index contributed by atoms with van der Waals surface area (Å²) in [5.74, 6) is -0.522. The summed E-state index contributed by atoms with van der Waals surface area (Å²) in [7, 11) is 0. The van der Waals surface area contributed by atoms with Gasteiger partial charge in [0.15, 0.2) is 11.5 Å². The van der Waals surface area contributed by atoms with Crippen LogP contribution in [0.25, 0.3) is 27.8 Å². The molecular weight excluding hydrogens is 406 g/mol. The lowest BCUT2D eigenvalue weighted by atomic mass is 10.0. The number of aromatic nitrogens is 5. The van der Waals surface area contributed by atoms with E-state index in [1.807, 2.05) is 26.1 Å². The van der Waals surface area contributed by atoms with Gasteiger partial charge in [0.25, 0.3) is 0 Å². The average Bonchev–Trinajstić information content (AvgIpc) is 3.31. The van der Waals surface area contributed by atoms with Gasteiger partial charge in [0.1, 0.15) is 11.7 Å². The number of carbonyl (C=O) groups is 1. The summed E-state index contributed by atoms with van der Waals surface area (Å²) in [5.41, 5.74) is 3.82. The van der Waals surface area contributed by atoms with Crippen LogP contribution in [0, 0.1) is 19.7 Å². The van der Waals surface area contributed by atoms with Crippen LogP contribution in [-0.2, 0) is 0 Å². The third-order valence-electron chi connectivity index (χ3n) is 5.72. The Kier molecular flexibility index (Phi) is 4.38. The van der Waals surface area contributed by atoms with E-state index >= 15 is 0 Å². The van der Waals surface area contributed by atoms with Crippen molar-refractivity contribution in [1.82, 2.24) is 29.3 Å². The molecule has 31 heavy (non-hydrogen) atoms. The molecule has 1 aliphatic heterocycles. The van der Waals surface area contributed by atoms with Gasteiger partial charge in [0.2, 0.25) is 0 Å². The van der Waals surface area contributed by atoms with Gasteiger partial charge in [-0.15, -0.1) is 0 Å². The smallest absolute Gasteiger partial charge is 0.407 e. The molecule has 1 aromatic carbocycles. The zero-order valence-electron chi connectivity index (χ0n) is 17.0. The molecule has 8 nitrogen and oxygen atoms in total. The van der Waals surface area contributed by atoms with Gasteiger partial charge >= 0.3 is 6.09 Å². The zero-order valence-corrected chi connectivity index (χ0v) is 17.0. The van der Waals surface area contributed by atoms with Crippen molar-refractivity contribution in [3.05, 3.63) is 47.7 Å². The van der Waals surface area contributed by atoms with E-state index in [0.717, 1.165) is 21.8 Å². The number of aryl methyl sites for hydroxylation is 2. The Morgan fingerprint density at radius 1 is 1.19 bits per heavy atom. The predicted molar refractivity (Wildman–Crippen MR) is 109 cm³/mol. The summed E-state index contributed by atoms with van der Waals surface area (Å²) in [6.07, 6.45) is 1.13. The van der Waals surface area contributed by atoms with Crippen LogP contribution in [0.4, 0.5) is 13.6 Å². The largest absolute Gasteiger partial charge is 0.465 e. The zero-order chi connectivity index (χ0) is 21.9. The van der Waals surface area contributed by atoms with Crippen LogP contribution in [-0.4, -0.2) is 59.7 Å². The summed E-state index contributed by atoms with van der Waals surface area (Å²) >= 11 is 0. The second-order valence-corrected chi connectivity index (χ2v) is 7.97. The van der Waals surface area contributed by atoms with E-state index in [9.17, 15) is 13.6 Å². The molecule has 10 heteroatoms. The molecule has 4 heterocycles. The molecule has 0 aliphatic carbocycles. The number of rotatable bonds is 2. The number of benzene rings is 1. The lowest BCUT2D eigenvalue weighted by molar-refractivity contribution is 0.0756. The van der Waals surface area contributed by atoms with E-state index in [2.05, 4.69) is 15.2 Å². The van der Waals surface area contributed by atoms with Crippen molar-refractivity contribution in [2.75, 3.05) is 13.1 Å². The van der Waals surface area contributed by atoms with Crippen molar-refractivity contribution in [2.45, 2.75) is 32.5 Å². The maximum absolute atomic E-state index is 14.9. The van der Waals surface area contributed by atoms with Crippen LogP contribution in [0.5, 0.6) is 0 Å². The topological polar surface area (TPSA) is 88.6 Å².